The number of aromatic nitrogens is 1. The molecule has 0 bridgehead atoms. The average molecular weight is 211 g/mol. The summed E-state index contributed by atoms with van der Waals surface area (Å²) >= 11 is 5.88. The second kappa shape index (κ2) is 2.94. The molecule has 1 heterocycles. The smallest absolute Gasteiger partial charge is 0.129 e. The quantitative estimate of drug-likeness (QED) is 0.762. The lowest BCUT2D eigenvalue weighted by molar-refractivity contribution is 0.493. The van der Waals surface area contributed by atoms with Crippen LogP contribution in [0, 0.1) is 5.41 Å². The molecule has 2 nitrogen and oxygen atoms in total. The first kappa shape index (κ1) is 9.94. The SMILES string of the molecule is CC1(C)CC1(CN)c1cccc(Cl)n1. The molecule has 1 aromatic heterocycles. The van der Waals surface area contributed by atoms with Crippen molar-refractivity contribution in [2.75, 3.05) is 6.54 Å². The monoisotopic (exact) mass is 210 g/mol. The second-order valence-electron chi connectivity index (χ2n) is 4.69. The number of nitrogens with zero attached hydrogens (tertiary/aromatic N) is 1. The summed E-state index contributed by atoms with van der Waals surface area (Å²) in [5, 5.41) is 0.554. The Kier molecular flexibility index (Phi) is 2.09. The van der Waals surface area contributed by atoms with Crippen molar-refractivity contribution < 1.29 is 0 Å². The first-order valence-electron chi connectivity index (χ1n) is 4.85. The Morgan fingerprint density at radius 1 is 1.50 bits per heavy atom. The molecule has 0 spiro atoms. The highest BCUT2D eigenvalue weighted by molar-refractivity contribution is 6.29. The van der Waals surface area contributed by atoms with Gasteiger partial charge in [0.05, 0.1) is 5.69 Å². The zero-order valence-corrected chi connectivity index (χ0v) is 9.30. The van der Waals surface area contributed by atoms with E-state index in [0.29, 0.717) is 11.7 Å². The topological polar surface area (TPSA) is 38.9 Å². The van der Waals surface area contributed by atoms with Gasteiger partial charge in [-0.2, -0.15) is 0 Å². The van der Waals surface area contributed by atoms with E-state index in [2.05, 4.69) is 18.8 Å². The summed E-state index contributed by atoms with van der Waals surface area (Å²) in [6.45, 7) is 5.10. The maximum atomic E-state index is 5.88. The van der Waals surface area contributed by atoms with Crippen LogP contribution in [-0.4, -0.2) is 11.5 Å². The number of pyridine rings is 1. The molecular formula is C11H15ClN2. The van der Waals surface area contributed by atoms with E-state index in [1.807, 2.05) is 12.1 Å². The summed E-state index contributed by atoms with van der Waals surface area (Å²) in [5.74, 6) is 0. The van der Waals surface area contributed by atoms with E-state index in [-0.39, 0.29) is 10.8 Å². The molecule has 0 radical (unpaired) electrons. The standard InChI is InChI=1S/C11H15ClN2/c1-10(2)6-11(10,7-13)8-4-3-5-9(12)14-8/h3-5H,6-7,13H2,1-2H3. The van der Waals surface area contributed by atoms with E-state index in [1.165, 1.54) is 0 Å². The van der Waals surface area contributed by atoms with Crippen LogP contribution in [-0.2, 0) is 5.41 Å². The third kappa shape index (κ3) is 1.25. The van der Waals surface area contributed by atoms with Crippen molar-refractivity contribution in [2.45, 2.75) is 25.7 Å². The van der Waals surface area contributed by atoms with Crippen LogP contribution in [0.5, 0.6) is 0 Å². The summed E-state index contributed by atoms with van der Waals surface area (Å²) in [6, 6.07) is 5.76. The van der Waals surface area contributed by atoms with Crippen molar-refractivity contribution >= 4 is 11.6 Å². The van der Waals surface area contributed by atoms with E-state index in [0.717, 1.165) is 12.1 Å². The van der Waals surface area contributed by atoms with Crippen molar-refractivity contribution in [3.05, 3.63) is 29.0 Å². The van der Waals surface area contributed by atoms with Gasteiger partial charge in [0.2, 0.25) is 0 Å². The molecule has 1 fully saturated rings. The van der Waals surface area contributed by atoms with E-state index in [4.69, 9.17) is 17.3 Å². The molecule has 1 unspecified atom stereocenters. The van der Waals surface area contributed by atoms with Crippen LogP contribution >= 0.6 is 11.6 Å². The van der Waals surface area contributed by atoms with Gasteiger partial charge in [-0.3, -0.25) is 0 Å². The van der Waals surface area contributed by atoms with E-state index in [9.17, 15) is 0 Å². The summed E-state index contributed by atoms with van der Waals surface area (Å²) in [6.07, 6.45) is 1.10. The number of rotatable bonds is 2. The van der Waals surface area contributed by atoms with Crippen LogP contribution in [0.2, 0.25) is 5.15 Å². The highest BCUT2D eigenvalue weighted by Gasteiger charge is 2.62. The first-order valence-corrected chi connectivity index (χ1v) is 5.23. The van der Waals surface area contributed by atoms with Gasteiger partial charge in [-0.15, -0.1) is 0 Å². The summed E-state index contributed by atoms with van der Waals surface area (Å²) < 4.78 is 0. The Bertz CT molecular complexity index is 362. The zero-order valence-electron chi connectivity index (χ0n) is 8.55. The number of hydrogen-bond donors (Lipinski definition) is 1. The lowest BCUT2D eigenvalue weighted by Crippen LogP contribution is -2.26. The molecule has 0 amide bonds. The molecule has 14 heavy (non-hydrogen) atoms. The minimum absolute atomic E-state index is 0.0535. The number of nitrogens with two attached hydrogens (primary N) is 1. The Labute approximate surface area is 89.5 Å². The van der Waals surface area contributed by atoms with E-state index < -0.39 is 0 Å². The fraction of sp³-hybridized carbons (Fsp3) is 0.545. The summed E-state index contributed by atoms with van der Waals surface area (Å²) in [5.41, 5.74) is 7.20. The van der Waals surface area contributed by atoms with Crippen molar-refractivity contribution in [3.8, 4) is 0 Å². The fourth-order valence-electron chi connectivity index (χ4n) is 2.28. The second-order valence-corrected chi connectivity index (χ2v) is 5.08. The molecule has 76 valence electrons. The van der Waals surface area contributed by atoms with Gasteiger partial charge in [0, 0.05) is 12.0 Å². The van der Waals surface area contributed by atoms with Gasteiger partial charge in [-0.1, -0.05) is 31.5 Å². The third-order valence-corrected chi connectivity index (χ3v) is 3.68. The van der Waals surface area contributed by atoms with Crippen LogP contribution in [0.1, 0.15) is 26.0 Å². The zero-order chi connectivity index (χ0) is 10.4. The third-order valence-electron chi connectivity index (χ3n) is 3.47. The van der Waals surface area contributed by atoms with Crippen LogP contribution in [0.4, 0.5) is 0 Å². The molecule has 1 aliphatic rings. The molecular weight excluding hydrogens is 196 g/mol. The highest BCUT2D eigenvalue weighted by atomic mass is 35.5. The minimum Gasteiger partial charge on any atom is -0.330 e. The minimum atomic E-state index is 0.0535. The predicted molar refractivity (Wildman–Crippen MR) is 58.4 cm³/mol. The molecule has 1 atom stereocenters. The van der Waals surface area contributed by atoms with Crippen molar-refractivity contribution in [3.63, 3.8) is 0 Å². The van der Waals surface area contributed by atoms with Gasteiger partial charge in [0.1, 0.15) is 5.15 Å². The molecule has 2 rings (SSSR count). The van der Waals surface area contributed by atoms with Crippen molar-refractivity contribution in [1.29, 1.82) is 0 Å². The van der Waals surface area contributed by atoms with Crippen LogP contribution < -0.4 is 5.73 Å². The first-order chi connectivity index (χ1) is 6.52. The van der Waals surface area contributed by atoms with Gasteiger partial charge < -0.3 is 5.73 Å². The predicted octanol–water partition coefficient (Wildman–Crippen LogP) is 2.36. The Morgan fingerprint density at radius 3 is 2.57 bits per heavy atom. The summed E-state index contributed by atoms with van der Waals surface area (Å²) in [7, 11) is 0. The van der Waals surface area contributed by atoms with Gasteiger partial charge in [-0.05, 0) is 24.0 Å². The van der Waals surface area contributed by atoms with Gasteiger partial charge in [-0.25, -0.2) is 4.98 Å². The number of hydrogen-bond acceptors (Lipinski definition) is 2. The van der Waals surface area contributed by atoms with Crippen LogP contribution in [0.15, 0.2) is 18.2 Å². The molecule has 2 N–H and O–H groups in total. The molecule has 0 aliphatic heterocycles. The molecule has 1 saturated carbocycles. The van der Waals surface area contributed by atoms with Crippen molar-refractivity contribution in [2.24, 2.45) is 11.1 Å². The van der Waals surface area contributed by atoms with Crippen LogP contribution in [0.3, 0.4) is 0 Å². The summed E-state index contributed by atoms with van der Waals surface area (Å²) in [4.78, 5) is 4.36. The van der Waals surface area contributed by atoms with Gasteiger partial charge in [0.25, 0.3) is 0 Å². The maximum Gasteiger partial charge on any atom is 0.129 e. The number of halogens is 1. The van der Waals surface area contributed by atoms with E-state index in [1.54, 1.807) is 6.07 Å². The van der Waals surface area contributed by atoms with Crippen molar-refractivity contribution in [1.82, 2.24) is 4.98 Å². The normalized spacial score (nSPS) is 28.9. The molecule has 3 heteroatoms. The fourth-order valence-corrected chi connectivity index (χ4v) is 2.44. The van der Waals surface area contributed by atoms with Crippen LogP contribution in [0.25, 0.3) is 0 Å². The van der Waals surface area contributed by atoms with E-state index >= 15 is 0 Å². The maximum absolute atomic E-state index is 5.88. The lowest BCUT2D eigenvalue weighted by atomic mass is 9.92. The van der Waals surface area contributed by atoms with Gasteiger partial charge in [0.15, 0.2) is 0 Å². The van der Waals surface area contributed by atoms with Gasteiger partial charge >= 0.3 is 0 Å². The molecule has 0 aromatic carbocycles. The molecule has 0 saturated heterocycles. The Balaban J connectivity index is 2.40. The lowest BCUT2D eigenvalue weighted by Gasteiger charge is -2.17. The Morgan fingerprint density at radius 2 is 2.14 bits per heavy atom. The molecule has 1 aromatic rings. The average Bonchev–Trinajstić information content (AvgIpc) is 2.70. The molecule has 1 aliphatic carbocycles. The largest absolute Gasteiger partial charge is 0.330 e. The Hall–Kier alpha value is -0.600. The highest BCUT2D eigenvalue weighted by Crippen LogP contribution is 2.63.